The van der Waals surface area contributed by atoms with E-state index in [2.05, 4.69) is 0 Å². The number of fused-ring (bicyclic) bond motifs is 1. The largest absolute Gasteiger partial charge is 0.468 e. The molecule has 2 aromatic rings. The molecule has 0 radical (unpaired) electrons. The maximum atomic E-state index is 13.7. The van der Waals surface area contributed by atoms with Gasteiger partial charge in [0.2, 0.25) is 0 Å². The molecule has 2 fully saturated rings. The van der Waals surface area contributed by atoms with Crippen LogP contribution in [0.3, 0.4) is 0 Å². The van der Waals surface area contributed by atoms with E-state index in [9.17, 15) is 4.57 Å². The van der Waals surface area contributed by atoms with Gasteiger partial charge in [0.15, 0.2) is 0 Å². The SMILES string of the molecule is CN1O[C@H]2CC[P@](=O)(c3ccccc3)[C@H]2[C@@H]1c1ccco1. The lowest BCUT2D eigenvalue weighted by Crippen LogP contribution is -2.26. The summed E-state index contributed by atoms with van der Waals surface area (Å²) >= 11 is 0. The molecular weight excluding hydrogens is 285 g/mol. The van der Waals surface area contributed by atoms with Gasteiger partial charge in [-0.15, -0.1) is 0 Å². The molecule has 0 unspecified atom stereocenters. The molecule has 0 saturated carbocycles. The van der Waals surface area contributed by atoms with E-state index in [0.29, 0.717) is 0 Å². The van der Waals surface area contributed by atoms with Crippen LogP contribution in [0.15, 0.2) is 53.1 Å². The third kappa shape index (κ3) is 1.94. The average Bonchev–Trinajstić information content (AvgIpc) is 3.19. The fourth-order valence-corrected chi connectivity index (χ4v) is 7.48. The van der Waals surface area contributed by atoms with Crippen LogP contribution in [0.5, 0.6) is 0 Å². The number of furan rings is 1. The van der Waals surface area contributed by atoms with E-state index in [1.54, 1.807) is 6.26 Å². The van der Waals surface area contributed by atoms with Crippen LogP contribution < -0.4 is 5.30 Å². The van der Waals surface area contributed by atoms with Gasteiger partial charge in [-0.25, -0.2) is 0 Å². The van der Waals surface area contributed by atoms with Crippen molar-refractivity contribution in [1.29, 1.82) is 0 Å². The summed E-state index contributed by atoms with van der Waals surface area (Å²) in [6.07, 6.45) is 3.26. The second kappa shape index (κ2) is 4.84. The number of hydrogen-bond acceptors (Lipinski definition) is 4. The number of hydrogen-bond donors (Lipinski definition) is 0. The van der Waals surface area contributed by atoms with Gasteiger partial charge in [-0.1, -0.05) is 30.3 Å². The Morgan fingerprint density at radius 1 is 1.19 bits per heavy atom. The van der Waals surface area contributed by atoms with Crippen LogP contribution in [-0.4, -0.2) is 30.0 Å². The summed E-state index contributed by atoms with van der Waals surface area (Å²) in [5.74, 6) is 0.836. The fraction of sp³-hybridized carbons (Fsp3) is 0.375. The summed E-state index contributed by atoms with van der Waals surface area (Å²) in [6.45, 7) is 0. The first-order valence-corrected chi connectivity index (χ1v) is 9.23. The summed E-state index contributed by atoms with van der Waals surface area (Å²) < 4.78 is 19.3. The molecule has 0 N–H and O–H groups in total. The third-order valence-electron chi connectivity index (χ3n) is 4.65. The Kier molecular flexibility index (Phi) is 3.07. The molecule has 4 nitrogen and oxygen atoms in total. The molecular formula is C16H18NO3P. The molecule has 2 aliphatic rings. The Hall–Kier alpha value is -1.35. The molecule has 5 heteroatoms. The highest BCUT2D eigenvalue weighted by molar-refractivity contribution is 7.72. The second-order valence-corrected chi connectivity index (χ2v) is 8.94. The lowest BCUT2D eigenvalue weighted by atomic mass is 10.1. The van der Waals surface area contributed by atoms with E-state index in [0.717, 1.165) is 23.6 Å². The van der Waals surface area contributed by atoms with Gasteiger partial charge in [0.1, 0.15) is 18.9 Å². The topological polar surface area (TPSA) is 42.7 Å². The smallest absolute Gasteiger partial charge is 0.124 e. The van der Waals surface area contributed by atoms with E-state index in [1.807, 2.05) is 54.6 Å². The molecule has 0 amide bonds. The number of rotatable bonds is 2. The number of nitrogens with zero attached hydrogens (tertiary/aromatic N) is 1. The predicted octanol–water partition coefficient (Wildman–Crippen LogP) is 3.03. The number of hydroxylamine groups is 2. The Morgan fingerprint density at radius 3 is 2.71 bits per heavy atom. The van der Waals surface area contributed by atoms with Gasteiger partial charge in [-0.2, -0.15) is 5.06 Å². The van der Waals surface area contributed by atoms with Crippen molar-refractivity contribution in [3.05, 3.63) is 54.5 Å². The average molecular weight is 303 g/mol. The van der Waals surface area contributed by atoms with Gasteiger partial charge in [0.25, 0.3) is 0 Å². The summed E-state index contributed by atoms with van der Waals surface area (Å²) in [7, 11) is -0.584. The normalized spacial score (nSPS) is 36.0. The lowest BCUT2D eigenvalue weighted by molar-refractivity contribution is -0.146. The van der Waals surface area contributed by atoms with Gasteiger partial charge < -0.3 is 8.98 Å². The van der Waals surface area contributed by atoms with Crippen molar-refractivity contribution in [2.45, 2.75) is 24.2 Å². The zero-order valence-electron chi connectivity index (χ0n) is 11.9. The summed E-state index contributed by atoms with van der Waals surface area (Å²) in [5.41, 5.74) is -0.0175. The second-order valence-electron chi connectivity index (χ2n) is 5.78. The van der Waals surface area contributed by atoms with E-state index in [1.165, 1.54) is 0 Å². The summed E-state index contributed by atoms with van der Waals surface area (Å²) in [6, 6.07) is 13.6. The summed E-state index contributed by atoms with van der Waals surface area (Å²) in [4.78, 5) is 5.94. The lowest BCUT2D eigenvalue weighted by Gasteiger charge is -2.25. The van der Waals surface area contributed by atoms with Gasteiger partial charge in [0.05, 0.1) is 18.0 Å². The first kappa shape index (κ1) is 13.3. The minimum atomic E-state index is -2.49. The van der Waals surface area contributed by atoms with Crippen molar-refractivity contribution in [3.8, 4) is 0 Å². The van der Waals surface area contributed by atoms with Gasteiger partial charge in [-0.05, 0) is 18.6 Å². The van der Waals surface area contributed by atoms with E-state index in [-0.39, 0.29) is 17.8 Å². The van der Waals surface area contributed by atoms with Crippen molar-refractivity contribution in [3.63, 3.8) is 0 Å². The van der Waals surface area contributed by atoms with E-state index >= 15 is 0 Å². The van der Waals surface area contributed by atoms with Crippen molar-refractivity contribution in [1.82, 2.24) is 5.06 Å². The Labute approximate surface area is 124 Å². The Balaban J connectivity index is 1.80. The minimum Gasteiger partial charge on any atom is -0.468 e. The zero-order valence-corrected chi connectivity index (χ0v) is 12.8. The number of benzene rings is 1. The molecule has 1 aromatic carbocycles. The highest BCUT2D eigenvalue weighted by atomic mass is 31.2. The molecule has 0 aliphatic carbocycles. The monoisotopic (exact) mass is 303 g/mol. The van der Waals surface area contributed by atoms with Crippen molar-refractivity contribution in [2.24, 2.45) is 0 Å². The molecule has 4 rings (SSSR count). The fourth-order valence-electron chi connectivity index (χ4n) is 3.74. The first-order valence-electron chi connectivity index (χ1n) is 7.27. The molecule has 110 valence electrons. The quantitative estimate of drug-likeness (QED) is 0.800. The van der Waals surface area contributed by atoms with Gasteiger partial charge >= 0.3 is 0 Å². The maximum Gasteiger partial charge on any atom is 0.124 e. The molecule has 2 saturated heterocycles. The molecule has 21 heavy (non-hydrogen) atoms. The van der Waals surface area contributed by atoms with Crippen LogP contribution in [0.25, 0.3) is 0 Å². The van der Waals surface area contributed by atoms with Crippen molar-refractivity contribution in [2.75, 3.05) is 13.2 Å². The summed E-state index contributed by atoms with van der Waals surface area (Å²) in [5, 5.41) is 2.79. The highest BCUT2D eigenvalue weighted by Crippen LogP contribution is 2.64. The minimum absolute atomic E-state index is 0.0175. The third-order valence-corrected chi connectivity index (χ3v) is 8.33. The van der Waals surface area contributed by atoms with Crippen LogP contribution >= 0.6 is 7.14 Å². The molecule has 0 spiro atoms. The van der Waals surface area contributed by atoms with Gasteiger partial charge in [0, 0.05) is 18.5 Å². The highest BCUT2D eigenvalue weighted by Gasteiger charge is 2.57. The maximum absolute atomic E-state index is 13.7. The van der Waals surface area contributed by atoms with Crippen molar-refractivity contribution < 1.29 is 13.8 Å². The van der Waals surface area contributed by atoms with E-state index in [4.69, 9.17) is 9.25 Å². The van der Waals surface area contributed by atoms with Crippen LogP contribution in [0.1, 0.15) is 18.2 Å². The molecule has 0 bridgehead atoms. The van der Waals surface area contributed by atoms with E-state index < -0.39 is 7.14 Å². The van der Waals surface area contributed by atoms with Crippen LogP contribution in [0, 0.1) is 0 Å². The zero-order chi connectivity index (χ0) is 14.4. The Morgan fingerprint density at radius 2 is 2.00 bits per heavy atom. The molecule has 4 atom stereocenters. The standard InChI is InChI=1S/C16H18NO3P/c1-17-15(13-8-5-10-19-13)16-14(20-17)9-11-21(16,18)12-6-3-2-4-7-12/h2-8,10,14-16H,9,11H2,1H3/t14-,15-,16+,21-/m0/s1. The molecule has 2 aliphatic heterocycles. The Bertz CT molecular complexity index is 670. The predicted molar refractivity (Wildman–Crippen MR) is 81.0 cm³/mol. The van der Waals surface area contributed by atoms with Crippen LogP contribution in [0.2, 0.25) is 0 Å². The van der Waals surface area contributed by atoms with Crippen molar-refractivity contribution >= 4 is 12.4 Å². The van der Waals surface area contributed by atoms with Crippen LogP contribution in [-0.2, 0) is 9.40 Å². The first-order chi connectivity index (χ1) is 10.2. The molecule has 3 heterocycles. The molecule has 1 aromatic heterocycles. The van der Waals surface area contributed by atoms with Gasteiger partial charge in [-0.3, -0.25) is 4.84 Å². The van der Waals surface area contributed by atoms with Crippen LogP contribution in [0.4, 0.5) is 0 Å².